The Labute approximate surface area is 99.3 Å². The summed E-state index contributed by atoms with van der Waals surface area (Å²) in [7, 11) is 0. The van der Waals surface area contributed by atoms with Crippen molar-refractivity contribution in [2.75, 3.05) is 19.6 Å². The normalized spacial score (nSPS) is 36.2. The Morgan fingerprint density at radius 1 is 1.12 bits per heavy atom. The summed E-state index contributed by atoms with van der Waals surface area (Å²) in [5, 5.41) is 0. The average Bonchev–Trinajstić information content (AvgIpc) is 2.15. The maximum Gasteiger partial charge on any atom is 0.0678 e. The Balaban J connectivity index is 1.87. The van der Waals surface area contributed by atoms with Gasteiger partial charge in [0.1, 0.15) is 0 Å². The second-order valence-electron chi connectivity index (χ2n) is 5.87. The zero-order chi connectivity index (χ0) is 11.6. The molecule has 0 aromatic rings. The van der Waals surface area contributed by atoms with Crippen molar-refractivity contribution in [3.05, 3.63) is 0 Å². The fourth-order valence-corrected chi connectivity index (χ4v) is 3.27. The van der Waals surface area contributed by atoms with Gasteiger partial charge in [0.05, 0.1) is 12.2 Å². The van der Waals surface area contributed by atoms with Crippen LogP contribution in [0, 0.1) is 0 Å². The molecule has 0 unspecified atom stereocenters. The van der Waals surface area contributed by atoms with Gasteiger partial charge in [-0.3, -0.25) is 4.90 Å². The van der Waals surface area contributed by atoms with Crippen molar-refractivity contribution in [3.8, 4) is 0 Å². The lowest BCUT2D eigenvalue weighted by Gasteiger charge is -2.42. The van der Waals surface area contributed by atoms with Gasteiger partial charge in [0.25, 0.3) is 0 Å². The Morgan fingerprint density at radius 2 is 1.69 bits per heavy atom. The van der Waals surface area contributed by atoms with E-state index in [1.807, 2.05) is 0 Å². The zero-order valence-corrected chi connectivity index (χ0v) is 10.7. The van der Waals surface area contributed by atoms with Crippen LogP contribution in [0.15, 0.2) is 0 Å². The second kappa shape index (κ2) is 5.03. The Hall–Kier alpha value is -0.120. The van der Waals surface area contributed by atoms with Gasteiger partial charge in [-0.1, -0.05) is 19.3 Å². The maximum atomic E-state index is 6.50. The van der Waals surface area contributed by atoms with Crippen LogP contribution in [-0.2, 0) is 4.74 Å². The molecule has 0 amide bonds. The predicted octanol–water partition coefficient (Wildman–Crippen LogP) is 1.76. The minimum absolute atomic E-state index is 0.0784. The van der Waals surface area contributed by atoms with E-state index in [-0.39, 0.29) is 5.54 Å². The van der Waals surface area contributed by atoms with E-state index in [2.05, 4.69) is 18.7 Å². The summed E-state index contributed by atoms with van der Waals surface area (Å²) in [5.41, 5.74) is 6.58. The molecule has 2 atom stereocenters. The van der Waals surface area contributed by atoms with Gasteiger partial charge in [0, 0.05) is 25.2 Å². The molecule has 0 aromatic heterocycles. The highest BCUT2D eigenvalue weighted by Crippen LogP contribution is 2.27. The number of hydrogen-bond donors (Lipinski definition) is 1. The van der Waals surface area contributed by atoms with Crippen LogP contribution >= 0.6 is 0 Å². The van der Waals surface area contributed by atoms with E-state index < -0.39 is 0 Å². The van der Waals surface area contributed by atoms with Crippen LogP contribution in [0.4, 0.5) is 0 Å². The van der Waals surface area contributed by atoms with Gasteiger partial charge >= 0.3 is 0 Å². The van der Waals surface area contributed by atoms with E-state index in [1.165, 1.54) is 32.1 Å². The first-order valence-electron chi connectivity index (χ1n) is 6.74. The molecular weight excluding hydrogens is 200 g/mol. The summed E-state index contributed by atoms with van der Waals surface area (Å²) in [5.74, 6) is 0. The molecule has 1 saturated carbocycles. The summed E-state index contributed by atoms with van der Waals surface area (Å²) in [4.78, 5) is 2.50. The number of hydrogen-bond acceptors (Lipinski definition) is 3. The topological polar surface area (TPSA) is 38.5 Å². The first kappa shape index (κ1) is 12.3. The summed E-state index contributed by atoms with van der Waals surface area (Å²) in [6.07, 6.45) is 7.11. The van der Waals surface area contributed by atoms with Gasteiger partial charge in [-0.2, -0.15) is 0 Å². The summed E-state index contributed by atoms with van der Waals surface area (Å²) in [6, 6.07) is 0. The molecule has 0 spiro atoms. The van der Waals surface area contributed by atoms with Crippen molar-refractivity contribution in [3.63, 3.8) is 0 Å². The molecule has 0 bridgehead atoms. The average molecular weight is 226 g/mol. The highest BCUT2D eigenvalue weighted by Gasteiger charge is 2.32. The van der Waals surface area contributed by atoms with Gasteiger partial charge in [-0.15, -0.1) is 0 Å². The van der Waals surface area contributed by atoms with E-state index >= 15 is 0 Å². The molecule has 1 heterocycles. The SMILES string of the molecule is C[C@@H]1CN(CC2(N)CCCCC2)C[C@H](C)O1. The van der Waals surface area contributed by atoms with Crippen molar-refractivity contribution in [2.24, 2.45) is 5.73 Å². The van der Waals surface area contributed by atoms with Crippen LogP contribution in [-0.4, -0.2) is 42.3 Å². The maximum absolute atomic E-state index is 6.50. The summed E-state index contributed by atoms with van der Waals surface area (Å²) >= 11 is 0. The Morgan fingerprint density at radius 3 is 2.25 bits per heavy atom. The highest BCUT2D eigenvalue weighted by atomic mass is 16.5. The minimum Gasteiger partial charge on any atom is -0.373 e. The molecule has 0 aromatic carbocycles. The predicted molar refractivity (Wildman–Crippen MR) is 66.5 cm³/mol. The molecule has 1 aliphatic carbocycles. The molecule has 1 aliphatic heterocycles. The summed E-state index contributed by atoms with van der Waals surface area (Å²) < 4.78 is 5.76. The molecule has 0 radical (unpaired) electrons. The van der Waals surface area contributed by atoms with Crippen LogP contribution in [0.2, 0.25) is 0 Å². The van der Waals surface area contributed by atoms with E-state index in [9.17, 15) is 0 Å². The fraction of sp³-hybridized carbons (Fsp3) is 1.00. The number of ether oxygens (including phenoxy) is 1. The first-order valence-corrected chi connectivity index (χ1v) is 6.74. The molecular formula is C13H26N2O. The molecule has 2 N–H and O–H groups in total. The first-order chi connectivity index (χ1) is 7.57. The van der Waals surface area contributed by atoms with Gasteiger partial charge in [-0.05, 0) is 26.7 Å². The lowest BCUT2D eigenvalue weighted by molar-refractivity contribution is -0.0740. The molecule has 2 rings (SSSR count). The van der Waals surface area contributed by atoms with E-state index in [4.69, 9.17) is 10.5 Å². The smallest absolute Gasteiger partial charge is 0.0678 e. The lowest BCUT2D eigenvalue weighted by Crippen LogP contribution is -2.56. The third kappa shape index (κ3) is 3.19. The molecule has 94 valence electrons. The van der Waals surface area contributed by atoms with Crippen molar-refractivity contribution in [2.45, 2.75) is 63.7 Å². The molecule has 3 nitrogen and oxygen atoms in total. The van der Waals surface area contributed by atoms with E-state index in [0.29, 0.717) is 12.2 Å². The minimum atomic E-state index is 0.0784. The van der Waals surface area contributed by atoms with Crippen molar-refractivity contribution in [1.29, 1.82) is 0 Å². The Bertz CT molecular complexity index is 216. The van der Waals surface area contributed by atoms with E-state index in [1.54, 1.807) is 0 Å². The van der Waals surface area contributed by atoms with Crippen LogP contribution in [0.5, 0.6) is 0 Å². The van der Waals surface area contributed by atoms with Crippen molar-refractivity contribution < 1.29 is 4.74 Å². The zero-order valence-electron chi connectivity index (χ0n) is 10.7. The van der Waals surface area contributed by atoms with E-state index in [0.717, 1.165) is 19.6 Å². The van der Waals surface area contributed by atoms with Crippen LogP contribution < -0.4 is 5.73 Å². The van der Waals surface area contributed by atoms with Crippen LogP contribution in [0.25, 0.3) is 0 Å². The van der Waals surface area contributed by atoms with Gasteiger partial charge in [-0.25, -0.2) is 0 Å². The van der Waals surface area contributed by atoms with Gasteiger partial charge < -0.3 is 10.5 Å². The van der Waals surface area contributed by atoms with Crippen molar-refractivity contribution in [1.82, 2.24) is 4.90 Å². The van der Waals surface area contributed by atoms with Crippen molar-refractivity contribution >= 4 is 0 Å². The molecule has 16 heavy (non-hydrogen) atoms. The number of nitrogens with two attached hydrogens (primary N) is 1. The van der Waals surface area contributed by atoms with Crippen LogP contribution in [0.3, 0.4) is 0 Å². The largest absolute Gasteiger partial charge is 0.373 e. The highest BCUT2D eigenvalue weighted by molar-refractivity contribution is 4.91. The molecule has 1 saturated heterocycles. The lowest BCUT2D eigenvalue weighted by atomic mass is 9.82. The molecule has 2 fully saturated rings. The van der Waals surface area contributed by atoms with Gasteiger partial charge in [0.2, 0.25) is 0 Å². The third-order valence-electron chi connectivity index (χ3n) is 3.88. The number of morpholine rings is 1. The fourth-order valence-electron chi connectivity index (χ4n) is 3.27. The monoisotopic (exact) mass is 226 g/mol. The summed E-state index contributed by atoms with van der Waals surface area (Å²) in [6.45, 7) is 7.47. The number of rotatable bonds is 2. The molecule has 2 aliphatic rings. The standard InChI is InChI=1S/C13H26N2O/c1-11-8-15(9-12(2)16-11)10-13(14)6-4-3-5-7-13/h11-12H,3-10,14H2,1-2H3/t11-,12+. The third-order valence-corrected chi connectivity index (χ3v) is 3.88. The Kier molecular flexibility index (Phi) is 3.88. The quantitative estimate of drug-likeness (QED) is 0.779. The molecule has 3 heteroatoms. The second-order valence-corrected chi connectivity index (χ2v) is 5.87. The van der Waals surface area contributed by atoms with Crippen LogP contribution in [0.1, 0.15) is 46.0 Å². The van der Waals surface area contributed by atoms with Gasteiger partial charge in [0.15, 0.2) is 0 Å². The number of nitrogens with zero attached hydrogens (tertiary/aromatic N) is 1.